The standard InChI is InChI=1S/3CH3F4NP2.Cr/c3*1-6(7(2)3)8(4)5;/h3*1H3;. The molecule has 0 spiro atoms. The second-order valence-electron chi connectivity index (χ2n) is 2.76. The normalized spacial score (nSPS) is 11.5. The average molecular weight is 553 g/mol. The van der Waals surface area contributed by atoms with Crippen LogP contribution in [0.4, 0.5) is 50.4 Å². The van der Waals surface area contributed by atoms with Gasteiger partial charge in [0.2, 0.25) is 0 Å². The third-order valence-electron chi connectivity index (χ3n) is 1.31. The molecule has 0 aliphatic rings. The van der Waals surface area contributed by atoms with Gasteiger partial charge in [-0.05, 0) is 0 Å². The van der Waals surface area contributed by atoms with Gasteiger partial charge >= 0.3 is 52.2 Å². The maximum atomic E-state index is 11.2. The fourth-order valence-electron chi connectivity index (χ4n) is 0.153. The van der Waals surface area contributed by atoms with Crippen LogP contribution in [0.1, 0.15) is 0 Å². The summed E-state index contributed by atoms with van der Waals surface area (Å²) in [6.07, 6.45) is 0. The summed E-state index contributed by atoms with van der Waals surface area (Å²) in [5.74, 6) is 0. The number of rotatable bonds is 6. The maximum Gasteiger partial charge on any atom is 0.352 e. The van der Waals surface area contributed by atoms with Crippen molar-refractivity contribution < 1.29 is 67.7 Å². The molecule has 0 amide bonds. The van der Waals surface area contributed by atoms with E-state index in [1.807, 2.05) is 0 Å². The number of nitrogens with zero attached hydrogens (tertiary/aromatic N) is 3. The van der Waals surface area contributed by atoms with E-state index >= 15 is 0 Å². The van der Waals surface area contributed by atoms with Gasteiger partial charge in [-0.15, -0.1) is 0 Å². The number of halogens is 12. The monoisotopic (exact) mass is 553 g/mol. The van der Waals surface area contributed by atoms with Crippen LogP contribution >= 0.6 is 52.2 Å². The number of hydrogen-bond acceptors (Lipinski definition) is 3. The maximum absolute atomic E-state index is 11.2. The molecule has 0 saturated heterocycles. The minimum absolute atomic E-state index is 0. The van der Waals surface area contributed by atoms with Crippen LogP contribution in [0.2, 0.25) is 0 Å². The molecule has 0 aliphatic heterocycles. The zero-order valence-corrected chi connectivity index (χ0v) is 18.6. The smallest absolute Gasteiger partial charge is 0.169 e. The van der Waals surface area contributed by atoms with Crippen molar-refractivity contribution in [3.63, 3.8) is 0 Å². The van der Waals surface area contributed by atoms with Crippen molar-refractivity contribution in [2.24, 2.45) is 0 Å². The van der Waals surface area contributed by atoms with Gasteiger partial charge in [-0.1, -0.05) is 0 Å². The first-order valence-electron chi connectivity index (χ1n) is 4.57. The van der Waals surface area contributed by atoms with Crippen molar-refractivity contribution in [2.75, 3.05) is 21.1 Å². The van der Waals surface area contributed by atoms with E-state index in [9.17, 15) is 50.4 Å². The first-order chi connectivity index (χ1) is 10.7. The van der Waals surface area contributed by atoms with Crippen LogP contribution in [0, 0.1) is 0 Å². The van der Waals surface area contributed by atoms with Crippen LogP contribution in [0.3, 0.4) is 0 Å². The molecule has 0 fully saturated rings. The van der Waals surface area contributed by atoms with E-state index in [1.165, 1.54) is 0 Å². The third-order valence-corrected chi connectivity index (χ3v) is 6.37. The Labute approximate surface area is 154 Å². The molecule has 0 aromatic heterocycles. The zero-order valence-electron chi connectivity index (χ0n) is 12.0. The summed E-state index contributed by atoms with van der Waals surface area (Å²) in [6.45, 7) is 0. The van der Waals surface area contributed by atoms with E-state index in [2.05, 4.69) is 0 Å². The first-order valence-corrected chi connectivity index (χ1v) is 11.0. The second kappa shape index (κ2) is 19.5. The largest absolute Gasteiger partial charge is 0.352 e. The van der Waals surface area contributed by atoms with Crippen molar-refractivity contribution in [3.8, 4) is 0 Å². The van der Waals surface area contributed by atoms with Gasteiger partial charge in [0.05, 0.1) is 0 Å². The van der Waals surface area contributed by atoms with Crippen LogP contribution in [-0.4, -0.2) is 34.5 Å². The summed E-state index contributed by atoms with van der Waals surface area (Å²) in [7, 11) is -19.4. The first kappa shape index (κ1) is 34.6. The molecule has 25 heavy (non-hydrogen) atoms. The van der Waals surface area contributed by atoms with Crippen LogP contribution in [0.25, 0.3) is 0 Å². The summed E-state index contributed by atoms with van der Waals surface area (Å²) < 4.78 is 134. The van der Waals surface area contributed by atoms with E-state index in [4.69, 9.17) is 0 Å². The Morgan fingerprint density at radius 2 is 0.440 bits per heavy atom. The summed E-state index contributed by atoms with van der Waals surface area (Å²) in [6, 6.07) is 0. The minimum atomic E-state index is -3.59. The topological polar surface area (TPSA) is 9.72 Å². The van der Waals surface area contributed by atoms with E-state index in [0.29, 0.717) is 21.1 Å². The molecule has 0 atom stereocenters. The molecule has 0 unspecified atom stereocenters. The van der Waals surface area contributed by atoms with Crippen LogP contribution in [-0.2, 0) is 17.4 Å². The minimum Gasteiger partial charge on any atom is -0.169 e. The van der Waals surface area contributed by atoms with E-state index in [-0.39, 0.29) is 30.7 Å². The molecular formula is C3H9CrF12N3P6. The Morgan fingerprint density at radius 3 is 0.440 bits per heavy atom. The summed E-state index contributed by atoms with van der Waals surface area (Å²) in [4.78, 5) is 0. The zero-order chi connectivity index (χ0) is 20.2. The Kier molecular flexibility index (Phi) is 27.0. The fraction of sp³-hybridized carbons (Fsp3) is 1.00. The van der Waals surface area contributed by atoms with Gasteiger partial charge in [-0.3, -0.25) is 0 Å². The van der Waals surface area contributed by atoms with E-state index in [0.717, 1.165) is 0 Å². The third kappa shape index (κ3) is 22.3. The molecule has 0 bridgehead atoms. The summed E-state index contributed by atoms with van der Waals surface area (Å²) in [5.41, 5.74) is 0. The van der Waals surface area contributed by atoms with Crippen molar-refractivity contribution >= 4 is 52.2 Å². The van der Waals surface area contributed by atoms with E-state index < -0.39 is 52.2 Å². The molecule has 3 nitrogen and oxygen atoms in total. The molecule has 0 aliphatic carbocycles. The molecule has 0 aromatic rings. The van der Waals surface area contributed by atoms with E-state index in [1.54, 1.807) is 0 Å². The summed E-state index contributed by atoms with van der Waals surface area (Å²) in [5, 5.41) is 0. The fourth-order valence-corrected chi connectivity index (χ4v) is 1.38. The van der Waals surface area contributed by atoms with Gasteiger partial charge in [0.15, 0.2) is 0 Å². The summed E-state index contributed by atoms with van der Waals surface area (Å²) >= 11 is 0. The van der Waals surface area contributed by atoms with Crippen LogP contribution in [0.5, 0.6) is 0 Å². The van der Waals surface area contributed by atoms with Crippen molar-refractivity contribution in [1.29, 1.82) is 0 Å². The van der Waals surface area contributed by atoms with Gasteiger partial charge < -0.3 is 0 Å². The predicted molar refractivity (Wildman–Crippen MR) is 78.1 cm³/mol. The molecular weight excluding hydrogens is 544 g/mol. The SMILES string of the molecule is CN(P(F)F)P(F)F.CN(P(F)F)P(F)F.CN(P(F)F)P(F)F.[Cr]. The Morgan fingerprint density at radius 1 is 0.360 bits per heavy atom. The van der Waals surface area contributed by atoms with Crippen LogP contribution in [0.15, 0.2) is 0 Å². The Bertz CT molecular complexity index is 226. The predicted octanol–water partition coefficient (Wildman–Crippen LogP) is 9.75. The quantitative estimate of drug-likeness (QED) is 0.240. The average Bonchev–Trinajstić information content (AvgIpc) is 2.45. The molecule has 156 valence electrons. The molecule has 0 N–H and O–H groups in total. The molecule has 0 rings (SSSR count). The van der Waals surface area contributed by atoms with Crippen molar-refractivity contribution in [1.82, 2.24) is 13.3 Å². The van der Waals surface area contributed by atoms with Crippen molar-refractivity contribution in [3.05, 3.63) is 0 Å². The molecule has 0 heterocycles. The van der Waals surface area contributed by atoms with Crippen LogP contribution < -0.4 is 0 Å². The van der Waals surface area contributed by atoms with Gasteiger partial charge in [-0.25, -0.2) is 0 Å². The molecule has 0 saturated carbocycles. The van der Waals surface area contributed by atoms with Gasteiger partial charge in [0.25, 0.3) is 0 Å². The molecule has 0 aromatic carbocycles. The van der Waals surface area contributed by atoms with Gasteiger partial charge in [0, 0.05) is 38.5 Å². The second-order valence-corrected chi connectivity index (χ2v) is 9.89. The van der Waals surface area contributed by atoms with Gasteiger partial charge in [0.1, 0.15) is 0 Å². The Hall–Kier alpha value is 2.15. The molecule has 0 radical (unpaired) electrons. The number of hydrogen-bond donors (Lipinski definition) is 0. The Balaban J connectivity index is -0.000000130. The van der Waals surface area contributed by atoms with Crippen molar-refractivity contribution in [2.45, 2.75) is 0 Å². The van der Waals surface area contributed by atoms with Gasteiger partial charge in [-0.2, -0.15) is 63.7 Å². The molecule has 22 heteroatoms.